The average molecular weight is 245 g/mol. The summed E-state index contributed by atoms with van der Waals surface area (Å²) in [5.41, 5.74) is 2.05. The molecule has 18 heavy (non-hydrogen) atoms. The van der Waals surface area contributed by atoms with Crippen molar-refractivity contribution in [2.24, 2.45) is 7.05 Å². The number of fused-ring (bicyclic) bond motifs is 1. The van der Waals surface area contributed by atoms with Crippen LogP contribution in [0.4, 0.5) is 0 Å². The largest absolute Gasteiger partial charge is 0.478 e. The standard InChI is InChI=1S/C13H11NO4/c1-14-10-7-6-9(4-2-3-5-12(15)16)8-11(10)18-13(14)17/h2-8H,1H3,(H,15,16)/b4-2+,5-3+. The number of oxazole rings is 1. The topological polar surface area (TPSA) is 72.4 Å². The number of hydrogen-bond acceptors (Lipinski definition) is 3. The second-order valence-electron chi connectivity index (χ2n) is 3.71. The third kappa shape index (κ3) is 2.40. The number of benzene rings is 1. The fraction of sp³-hybridized carbons (Fsp3) is 0.0769. The van der Waals surface area contributed by atoms with E-state index in [1.807, 2.05) is 6.07 Å². The third-order valence-corrected chi connectivity index (χ3v) is 2.45. The first-order valence-corrected chi connectivity index (χ1v) is 5.25. The summed E-state index contributed by atoms with van der Waals surface area (Å²) in [4.78, 5) is 21.5. The second-order valence-corrected chi connectivity index (χ2v) is 3.71. The zero-order valence-corrected chi connectivity index (χ0v) is 9.66. The van der Waals surface area contributed by atoms with Crippen molar-refractivity contribution in [3.63, 3.8) is 0 Å². The fourth-order valence-corrected chi connectivity index (χ4v) is 1.56. The number of aromatic nitrogens is 1. The van der Waals surface area contributed by atoms with Gasteiger partial charge in [0.05, 0.1) is 5.52 Å². The Hall–Kier alpha value is -2.56. The van der Waals surface area contributed by atoms with Gasteiger partial charge in [0.2, 0.25) is 0 Å². The van der Waals surface area contributed by atoms with Crippen LogP contribution in [0.3, 0.4) is 0 Å². The zero-order valence-electron chi connectivity index (χ0n) is 9.66. The van der Waals surface area contributed by atoms with Gasteiger partial charge in [0.25, 0.3) is 0 Å². The number of aryl methyl sites for hydroxylation is 1. The summed E-state index contributed by atoms with van der Waals surface area (Å²) in [6.45, 7) is 0. The molecule has 0 fully saturated rings. The van der Waals surface area contributed by atoms with Crippen molar-refractivity contribution in [2.45, 2.75) is 0 Å². The van der Waals surface area contributed by atoms with Gasteiger partial charge in [-0.3, -0.25) is 4.57 Å². The first kappa shape index (κ1) is 11.9. The van der Waals surface area contributed by atoms with Crippen molar-refractivity contribution in [2.75, 3.05) is 0 Å². The molecule has 1 heterocycles. The van der Waals surface area contributed by atoms with Crippen LogP contribution in [0, 0.1) is 0 Å². The lowest BCUT2D eigenvalue weighted by Crippen LogP contribution is -2.08. The minimum atomic E-state index is -0.996. The molecule has 1 aromatic carbocycles. The lowest BCUT2D eigenvalue weighted by atomic mass is 10.2. The van der Waals surface area contributed by atoms with Gasteiger partial charge < -0.3 is 9.52 Å². The Labute approximate surface area is 102 Å². The predicted octanol–water partition coefficient (Wildman–Crippen LogP) is 1.79. The number of carboxylic acids is 1. The van der Waals surface area contributed by atoms with Crippen LogP contribution in [0.25, 0.3) is 17.2 Å². The summed E-state index contributed by atoms with van der Waals surface area (Å²) < 4.78 is 6.47. The normalized spacial score (nSPS) is 11.8. The molecule has 0 spiro atoms. The number of nitrogens with zero attached hydrogens (tertiary/aromatic N) is 1. The third-order valence-electron chi connectivity index (χ3n) is 2.45. The van der Waals surface area contributed by atoms with E-state index in [2.05, 4.69) is 0 Å². The van der Waals surface area contributed by atoms with Crippen LogP contribution in [-0.4, -0.2) is 15.6 Å². The van der Waals surface area contributed by atoms with E-state index in [1.165, 1.54) is 10.6 Å². The molecule has 0 amide bonds. The molecule has 0 atom stereocenters. The van der Waals surface area contributed by atoms with Gasteiger partial charge in [-0.15, -0.1) is 0 Å². The lowest BCUT2D eigenvalue weighted by molar-refractivity contribution is -0.131. The molecule has 0 unspecified atom stereocenters. The van der Waals surface area contributed by atoms with E-state index in [9.17, 15) is 9.59 Å². The van der Waals surface area contributed by atoms with Gasteiger partial charge in [-0.2, -0.15) is 0 Å². The first-order chi connectivity index (χ1) is 8.58. The van der Waals surface area contributed by atoms with Crippen LogP contribution < -0.4 is 5.76 Å². The predicted molar refractivity (Wildman–Crippen MR) is 67.3 cm³/mol. The number of allylic oxidation sites excluding steroid dienone is 2. The summed E-state index contributed by atoms with van der Waals surface area (Å²) in [5, 5.41) is 8.41. The molecular weight excluding hydrogens is 234 g/mol. The van der Waals surface area contributed by atoms with Crippen molar-refractivity contribution < 1.29 is 14.3 Å². The molecular formula is C13H11NO4. The number of carboxylic acid groups (broad SMARTS) is 1. The highest BCUT2D eigenvalue weighted by molar-refractivity contribution is 5.80. The van der Waals surface area contributed by atoms with Gasteiger partial charge in [0.15, 0.2) is 5.58 Å². The van der Waals surface area contributed by atoms with Gasteiger partial charge in [-0.05, 0) is 17.7 Å². The average Bonchev–Trinajstić information content (AvgIpc) is 2.60. The van der Waals surface area contributed by atoms with Crippen molar-refractivity contribution in [3.8, 4) is 0 Å². The number of aliphatic carboxylic acids is 1. The molecule has 92 valence electrons. The highest BCUT2D eigenvalue weighted by Gasteiger charge is 2.04. The van der Waals surface area contributed by atoms with E-state index in [4.69, 9.17) is 9.52 Å². The van der Waals surface area contributed by atoms with Crippen LogP contribution in [0.15, 0.2) is 45.6 Å². The molecule has 5 nitrogen and oxygen atoms in total. The summed E-state index contributed by atoms with van der Waals surface area (Å²) >= 11 is 0. The Morgan fingerprint density at radius 2 is 2.17 bits per heavy atom. The van der Waals surface area contributed by atoms with E-state index in [0.717, 1.165) is 17.2 Å². The highest BCUT2D eigenvalue weighted by atomic mass is 16.4. The number of carbonyl (C=O) groups is 1. The SMILES string of the molecule is Cn1c(=O)oc2cc(/C=C/C=C/C(=O)O)ccc21. The van der Waals surface area contributed by atoms with Crippen molar-refractivity contribution in [3.05, 3.63) is 52.5 Å². The van der Waals surface area contributed by atoms with Gasteiger partial charge in [-0.25, -0.2) is 9.59 Å². The van der Waals surface area contributed by atoms with Gasteiger partial charge in [0, 0.05) is 13.1 Å². The molecule has 1 N–H and O–H groups in total. The zero-order chi connectivity index (χ0) is 13.1. The molecule has 2 rings (SSSR count). The maximum atomic E-state index is 11.3. The molecule has 0 aliphatic rings. The van der Waals surface area contributed by atoms with E-state index in [0.29, 0.717) is 5.58 Å². The van der Waals surface area contributed by atoms with E-state index in [1.54, 1.807) is 31.3 Å². The Morgan fingerprint density at radius 3 is 2.89 bits per heavy atom. The number of rotatable bonds is 3. The Kier molecular flexibility index (Phi) is 3.14. The molecule has 0 radical (unpaired) electrons. The molecule has 0 saturated heterocycles. The Balaban J connectivity index is 2.31. The molecule has 5 heteroatoms. The van der Waals surface area contributed by atoms with Gasteiger partial charge in [0.1, 0.15) is 0 Å². The Morgan fingerprint density at radius 1 is 1.39 bits per heavy atom. The molecule has 0 bridgehead atoms. The monoisotopic (exact) mass is 245 g/mol. The van der Waals surface area contributed by atoms with Crippen molar-refractivity contribution in [1.82, 2.24) is 4.57 Å². The van der Waals surface area contributed by atoms with E-state index < -0.39 is 11.7 Å². The minimum Gasteiger partial charge on any atom is -0.478 e. The lowest BCUT2D eigenvalue weighted by Gasteiger charge is -1.93. The molecule has 2 aromatic rings. The second kappa shape index (κ2) is 4.75. The van der Waals surface area contributed by atoms with E-state index in [-0.39, 0.29) is 0 Å². The fourth-order valence-electron chi connectivity index (χ4n) is 1.56. The highest BCUT2D eigenvalue weighted by Crippen LogP contribution is 2.15. The first-order valence-electron chi connectivity index (χ1n) is 5.25. The summed E-state index contributed by atoms with van der Waals surface area (Å²) in [5.74, 6) is -1.40. The van der Waals surface area contributed by atoms with Crippen LogP contribution in [0.2, 0.25) is 0 Å². The van der Waals surface area contributed by atoms with Crippen LogP contribution in [-0.2, 0) is 11.8 Å². The van der Waals surface area contributed by atoms with E-state index >= 15 is 0 Å². The summed E-state index contributed by atoms with van der Waals surface area (Å²) in [7, 11) is 1.64. The Bertz CT molecular complexity index is 703. The van der Waals surface area contributed by atoms with Crippen molar-refractivity contribution in [1.29, 1.82) is 0 Å². The molecule has 0 aliphatic heterocycles. The molecule has 0 aliphatic carbocycles. The van der Waals surface area contributed by atoms with Crippen molar-refractivity contribution >= 4 is 23.1 Å². The van der Waals surface area contributed by atoms with Crippen LogP contribution >= 0.6 is 0 Å². The van der Waals surface area contributed by atoms with Crippen LogP contribution in [0.1, 0.15) is 5.56 Å². The smallest absolute Gasteiger partial charge is 0.419 e. The maximum absolute atomic E-state index is 11.3. The number of hydrogen-bond donors (Lipinski definition) is 1. The van der Waals surface area contributed by atoms with Gasteiger partial charge in [-0.1, -0.05) is 24.3 Å². The molecule has 1 aromatic heterocycles. The quantitative estimate of drug-likeness (QED) is 0.661. The summed E-state index contributed by atoms with van der Waals surface area (Å²) in [6.07, 6.45) is 5.80. The van der Waals surface area contributed by atoms with Crippen LogP contribution in [0.5, 0.6) is 0 Å². The molecule has 0 saturated carbocycles. The maximum Gasteiger partial charge on any atom is 0.419 e. The minimum absolute atomic E-state index is 0.406. The summed E-state index contributed by atoms with van der Waals surface area (Å²) in [6, 6.07) is 5.32. The van der Waals surface area contributed by atoms with Gasteiger partial charge >= 0.3 is 11.7 Å².